The molecule has 0 unspecified atom stereocenters. The van der Waals surface area contributed by atoms with Crippen LogP contribution in [0.4, 0.5) is 11.4 Å². The minimum absolute atomic E-state index is 0.0470. The normalized spacial score (nSPS) is 10.5. The third-order valence-electron chi connectivity index (χ3n) is 3.88. The summed E-state index contributed by atoms with van der Waals surface area (Å²) in [6.45, 7) is 4.00. The number of nitrogens with zero attached hydrogens (tertiary/aromatic N) is 1. The van der Waals surface area contributed by atoms with Crippen LogP contribution < -0.4 is 5.32 Å². The molecular weight excluding hydrogens is 292 g/mol. The van der Waals surface area contributed by atoms with E-state index in [1.807, 2.05) is 0 Å². The van der Waals surface area contributed by atoms with E-state index in [2.05, 4.69) is 12.2 Å². The van der Waals surface area contributed by atoms with E-state index in [0.717, 1.165) is 24.8 Å². The topological polar surface area (TPSA) is 72.2 Å². The first kappa shape index (κ1) is 19.1. The fraction of sp³-hybridized carbons (Fsp3) is 0.611. The van der Waals surface area contributed by atoms with Crippen LogP contribution in [0.25, 0.3) is 0 Å². The summed E-state index contributed by atoms with van der Waals surface area (Å²) < 4.78 is 0. The smallest absolute Gasteiger partial charge is 0.293 e. The summed E-state index contributed by atoms with van der Waals surface area (Å²) in [6, 6.07) is 4.84. The largest absolute Gasteiger partial charge is 0.320 e. The number of carbonyl (C=O) groups is 1. The standard InChI is InChI=1S/C18H28N2O3/c1-3-4-5-6-7-8-9-10-11-18(21)19-16-13-12-15(2)14-17(16)20(22)23/h12-14H,3-11H2,1-2H3,(H,19,21). The molecule has 0 saturated carbocycles. The Bertz CT molecular complexity index is 515. The van der Waals surface area contributed by atoms with E-state index >= 15 is 0 Å². The van der Waals surface area contributed by atoms with E-state index in [9.17, 15) is 14.9 Å². The predicted molar refractivity (Wildman–Crippen MR) is 93.7 cm³/mol. The molecule has 0 heterocycles. The molecule has 0 saturated heterocycles. The van der Waals surface area contributed by atoms with Gasteiger partial charge in [-0.3, -0.25) is 14.9 Å². The molecule has 0 aliphatic carbocycles. The molecule has 0 radical (unpaired) electrons. The van der Waals surface area contributed by atoms with Crippen LogP contribution in [0, 0.1) is 17.0 Å². The second kappa shape index (κ2) is 10.8. The Morgan fingerprint density at radius 1 is 1.09 bits per heavy atom. The zero-order chi connectivity index (χ0) is 17.1. The van der Waals surface area contributed by atoms with Crippen molar-refractivity contribution in [1.29, 1.82) is 0 Å². The van der Waals surface area contributed by atoms with Gasteiger partial charge in [-0.25, -0.2) is 0 Å². The third-order valence-corrected chi connectivity index (χ3v) is 3.88. The predicted octanol–water partition coefficient (Wildman–Crippen LogP) is 5.37. The molecule has 1 aromatic carbocycles. The molecule has 1 aromatic rings. The van der Waals surface area contributed by atoms with Crippen molar-refractivity contribution in [1.82, 2.24) is 0 Å². The Morgan fingerprint density at radius 2 is 1.70 bits per heavy atom. The molecule has 0 bridgehead atoms. The fourth-order valence-corrected chi connectivity index (χ4v) is 2.53. The van der Waals surface area contributed by atoms with Crippen LogP contribution in [0.5, 0.6) is 0 Å². The highest BCUT2D eigenvalue weighted by atomic mass is 16.6. The number of benzene rings is 1. The van der Waals surface area contributed by atoms with Crippen LogP contribution in [0.1, 0.15) is 70.3 Å². The van der Waals surface area contributed by atoms with E-state index in [1.54, 1.807) is 19.1 Å². The van der Waals surface area contributed by atoms with Crippen LogP contribution >= 0.6 is 0 Å². The van der Waals surface area contributed by atoms with Gasteiger partial charge in [0.25, 0.3) is 5.69 Å². The number of carbonyl (C=O) groups excluding carboxylic acids is 1. The maximum Gasteiger partial charge on any atom is 0.293 e. The first-order valence-electron chi connectivity index (χ1n) is 8.59. The molecule has 1 N–H and O–H groups in total. The van der Waals surface area contributed by atoms with Crippen molar-refractivity contribution in [2.45, 2.75) is 71.6 Å². The number of nitro groups is 1. The summed E-state index contributed by atoms with van der Waals surface area (Å²) in [5, 5.41) is 13.7. The Kier molecular flexibility index (Phi) is 8.95. The number of hydrogen-bond donors (Lipinski definition) is 1. The number of anilines is 1. The van der Waals surface area contributed by atoms with Gasteiger partial charge in [0.15, 0.2) is 0 Å². The molecule has 1 amide bonds. The van der Waals surface area contributed by atoms with Crippen molar-refractivity contribution < 1.29 is 9.72 Å². The molecule has 23 heavy (non-hydrogen) atoms. The van der Waals surface area contributed by atoms with E-state index in [4.69, 9.17) is 0 Å². The van der Waals surface area contributed by atoms with Crippen LogP contribution in [0.2, 0.25) is 0 Å². The molecule has 0 fully saturated rings. The second-order valence-electron chi connectivity index (χ2n) is 6.05. The van der Waals surface area contributed by atoms with Crippen molar-refractivity contribution in [3.8, 4) is 0 Å². The number of nitro benzene ring substituents is 1. The summed E-state index contributed by atoms with van der Waals surface area (Å²) in [7, 11) is 0. The van der Waals surface area contributed by atoms with Crippen molar-refractivity contribution in [2.75, 3.05) is 5.32 Å². The summed E-state index contributed by atoms with van der Waals surface area (Å²) >= 11 is 0. The summed E-state index contributed by atoms with van der Waals surface area (Å²) in [4.78, 5) is 22.5. The number of rotatable bonds is 11. The van der Waals surface area contributed by atoms with Gasteiger partial charge in [0, 0.05) is 12.5 Å². The van der Waals surface area contributed by atoms with Gasteiger partial charge >= 0.3 is 0 Å². The molecule has 128 valence electrons. The lowest BCUT2D eigenvalue weighted by atomic mass is 10.1. The Morgan fingerprint density at radius 3 is 2.30 bits per heavy atom. The number of amides is 1. The molecule has 5 nitrogen and oxygen atoms in total. The average Bonchev–Trinajstić information content (AvgIpc) is 2.51. The summed E-state index contributed by atoms with van der Waals surface area (Å²) in [6.07, 6.45) is 9.80. The van der Waals surface area contributed by atoms with Gasteiger partial charge in [-0.1, -0.05) is 57.9 Å². The van der Waals surface area contributed by atoms with Crippen LogP contribution in [-0.2, 0) is 4.79 Å². The molecule has 5 heteroatoms. The average molecular weight is 320 g/mol. The molecule has 0 aromatic heterocycles. The highest BCUT2D eigenvalue weighted by Crippen LogP contribution is 2.25. The SMILES string of the molecule is CCCCCCCCCCC(=O)Nc1ccc(C)cc1[N+](=O)[O-]. The van der Waals surface area contributed by atoms with E-state index in [0.29, 0.717) is 6.42 Å². The van der Waals surface area contributed by atoms with Gasteiger partial charge in [-0.05, 0) is 25.0 Å². The maximum atomic E-state index is 11.9. The second-order valence-corrected chi connectivity index (χ2v) is 6.05. The molecular formula is C18H28N2O3. The van der Waals surface area contributed by atoms with Gasteiger partial charge < -0.3 is 5.32 Å². The number of aryl methyl sites for hydroxylation is 1. The van der Waals surface area contributed by atoms with E-state index in [-0.39, 0.29) is 17.3 Å². The van der Waals surface area contributed by atoms with Crippen LogP contribution in [0.15, 0.2) is 18.2 Å². The van der Waals surface area contributed by atoms with Crippen LogP contribution in [-0.4, -0.2) is 10.8 Å². The van der Waals surface area contributed by atoms with Crippen molar-refractivity contribution in [3.63, 3.8) is 0 Å². The van der Waals surface area contributed by atoms with Gasteiger partial charge in [-0.2, -0.15) is 0 Å². The minimum Gasteiger partial charge on any atom is -0.320 e. The quantitative estimate of drug-likeness (QED) is 0.338. The first-order chi connectivity index (χ1) is 11.0. The molecule has 0 spiro atoms. The molecule has 0 aliphatic rings. The summed E-state index contributed by atoms with van der Waals surface area (Å²) in [5.41, 5.74) is 1.04. The van der Waals surface area contributed by atoms with Crippen molar-refractivity contribution in [2.24, 2.45) is 0 Å². The lowest BCUT2D eigenvalue weighted by Crippen LogP contribution is -2.12. The number of unbranched alkanes of at least 4 members (excludes halogenated alkanes) is 7. The monoisotopic (exact) mass is 320 g/mol. The lowest BCUT2D eigenvalue weighted by Gasteiger charge is -2.07. The fourth-order valence-electron chi connectivity index (χ4n) is 2.53. The lowest BCUT2D eigenvalue weighted by molar-refractivity contribution is -0.384. The Labute approximate surface area is 138 Å². The first-order valence-corrected chi connectivity index (χ1v) is 8.59. The highest BCUT2D eigenvalue weighted by molar-refractivity contribution is 5.93. The maximum absolute atomic E-state index is 11.9. The Hall–Kier alpha value is -1.91. The number of nitrogens with one attached hydrogen (secondary N) is 1. The van der Waals surface area contributed by atoms with E-state index in [1.165, 1.54) is 38.2 Å². The van der Waals surface area contributed by atoms with Gasteiger partial charge in [0.2, 0.25) is 5.91 Å². The molecule has 0 atom stereocenters. The van der Waals surface area contributed by atoms with Crippen LogP contribution in [0.3, 0.4) is 0 Å². The summed E-state index contributed by atoms with van der Waals surface area (Å²) in [5.74, 6) is -0.150. The minimum atomic E-state index is -0.459. The van der Waals surface area contributed by atoms with Crippen molar-refractivity contribution >= 4 is 17.3 Å². The zero-order valence-electron chi connectivity index (χ0n) is 14.3. The number of hydrogen-bond acceptors (Lipinski definition) is 3. The van der Waals surface area contributed by atoms with Gasteiger partial charge in [-0.15, -0.1) is 0 Å². The van der Waals surface area contributed by atoms with Gasteiger partial charge in [0.1, 0.15) is 5.69 Å². The zero-order valence-corrected chi connectivity index (χ0v) is 14.3. The molecule has 1 rings (SSSR count). The van der Waals surface area contributed by atoms with E-state index < -0.39 is 4.92 Å². The third kappa shape index (κ3) is 7.77. The molecule has 0 aliphatic heterocycles. The Balaban J connectivity index is 2.28. The van der Waals surface area contributed by atoms with Crippen molar-refractivity contribution in [3.05, 3.63) is 33.9 Å². The highest BCUT2D eigenvalue weighted by Gasteiger charge is 2.15. The van der Waals surface area contributed by atoms with Gasteiger partial charge in [0.05, 0.1) is 4.92 Å².